The maximum atomic E-state index is 6.26. The molecule has 0 aliphatic carbocycles. The lowest BCUT2D eigenvalue weighted by molar-refractivity contribution is 0.00578. The van der Waals surface area contributed by atoms with Gasteiger partial charge in [0.25, 0.3) is 0 Å². The number of hydrogen-bond acceptors (Lipinski definition) is 4. The molecule has 4 nitrogen and oxygen atoms in total. The minimum absolute atomic E-state index is 0.382. The van der Waals surface area contributed by atoms with Crippen LogP contribution in [0.15, 0.2) is 36.8 Å². The number of nitrogens with zero attached hydrogens (tertiary/aromatic N) is 2. The molecule has 22 heavy (non-hydrogen) atoms. The van der Waals surface area contributed by atoms with Crippen LogP contribution in [0.4, 0.5) is 0 Å². The smallest absolute Gasteiger partial charge is 0.399 e. The predicted molar refractivity (Wildman–Crippen MR) is 88.2 cm³/mol. The van der Waals surface area contributed by atoms with E-state index in [4.69, 9.17) is 20.9 Å². The van der Waals surface area contributed by atoms with Gasteiger partial charge in [0.15, 0.2) is 0 Å². The van der Waals surface area contributed by atoms with Crippen LogP contribution in [-0.4, -0.2) is 28.3 Å². The van der Waals surface area contributed by atoms with E-state index >= 15 is 0 Å². The van der Waals surface area contributed by atoms with Gasteiger partial charge in [0.05, 0.1) is 23.1 Å². The highest BCUT2D eigenvalue weighted by Gasteiger charge is 2.51. The normalized spacial score (nSPS) is 19.4. The Labute approximate surface area is 136 Å². The molecule has 0 N–H and O–H groups in total. The molecule has 6 heteroatoms. The van der Waals surface area contributed by atoms with Gasteiger partial charge < -0.3 is 9.31 Å². The zero-order valence-corrected chi connectivity index (χ0v) is 13.9. The average Bonchev–Trinajstić information content (AvgIpc) is 2.68. The van der Waals surface area contributed by atoms with Gasteiger partial charge in [-0.05, 0) is 45.3 Å². The highest BCUT2D eigenvalue weighted by atomic mass is 35.5. The van der Waals surface area contributed by atoms with Gasteiger partial charge in [-0.15, -0.1) is 0 Å². The summed E-state index contributed by atoms with van der Waals surface area (Å²) in [6, 6.07) is 5.71. The minimum Gasteiger partial charge on any atom is -0.399 e. The van der Waals surface area contributed by atoms with E-state index in [2.05, 4.69) is 9.97 Å². The van der Waals surface area contributed by atoms with Crippen LogP contribution in [0.1, 0.15) is 27.7 Å². The van der Waals surface area contributed by atoms with Gasteiger partial charge in [0.2, 0.25) is 0 Å². The molecular formula is C16H18BClN2O2. The Kier molecular flexibility index (Phi) is 3.75. The van der Waals surface area contributed by atoms with Crippen molar-refractivity contribution in [3.8, 4) is 11.3 Å². The Morgan fingerprint density at radius 1 is 1.00 bits per heavy atom. The Morgan fingerprint density at radius 3 is 2.27 bits per heavy atom. The number of hydrogen-bond donors (Lipinski definition) is 0. The predicted octanol–water partition coefficient (Wildman–Crippen LogP) is 3.10. The topological polar surface area (TPSA) is 44.2 Å². The number of benzene rings is 1. The van der Waals surface area contributed by atoms with Crippen LogP contribution in [0.25, 0.3) is 11.3 Å². The average molecular weight is 317 g/mol. The molecule has 1 aromatic heterocycles. The molecule has 114 valence electrons. The first kappa shape index (κ1) is 15.5. The minimum atomic E-state index is -0.445. The third kappa shape index (κ3) is 2.76. The Hall–Kier alpha value is -1.43. The molecule has 1 aliphatic rings. The fourth-order valence-electron chi connectivity index (χ4n) is 2.32. The lowest BCUT2D eigenvalue weighted by atomic mass is 9.78. The van der Waals surface area contributed by atoms with Crippen molar-refractivity contribution in [2.45, 2.75) is 38.9 Å². The lowest BCUT2D eigenvalue weighted by Gasteiger charge is -2.32. The fraction of sp³-hybridized carbons (Fsp3) is 0.375. The molecule has 0 saturated carbocycles. The van der Waals surface area contributed by atoms with Crippen LogP contribution in [0.2, 0.25) is 5.02 Å². The molecule has 0 spiro atoms. The Balaban J connectivity index is 1.98. The summed E-state index contributed by atoms with van der Waals surface area (Å²) in [6.45, 7) is 8.12. The van der Waals surface area contributed by atoms with E-state index in [9.17, 15) is 0 Å². The van der Waals surface area contributed by atoms with E-state index in [1.54, 1.807) is 18.6 Å². The van der Waals surface area contributed by atoms with Crippen molar-refractivity contribution in [1.29, 1.82) is 0 Å². The second-order valence-corrected chi connectivity index (χ2v) is 6.89. The van der Waals surface area contributed by atoms with Gasteiger partial charge in [0, 0.05) is 23.0 Å². The largest absolute Gasteiger partial charge is 0.494 e. The summed E-state index contributed by atoms with van der Waals surface area (Å²) in [5.41, 5.74) is 1.78. The van der Waals surface area contributed by atoms with E-state index in [0.717, 1.165) is 16.7 Å². The summed E-state index contributed by atoms with van der Waals surface area (Å²) in [5, 5.41) is 0.618. The van der Waals surface area contributed by atoms with E-state index in [0.29, 0.717) is 5.02 Å². The second-order valence-electron chi connectivity index (χ2n) is 6.45. The van der Waals surface area contributed by atoms with Crippen molar-refractivity contribution >= 4 is 24.2 Å². The van der Waals surface area contributed by atoms with Gasteiger partial charge in [-0.3, -0.25) is 9.97 Å². The van der Waals surface area contributed by atoms with Gasteiger partial charge in [-0.25, -0.2) is 0 Å². The van der Waals surface area contributed by atoms with Crippen LogP contribution >= 0.6 is 11.6 Å². The van der Waals surface area contributed by atoms with Crippen molar-refractivity contribution in [1.82, 2.24) is 9.97 Å². The summed E-state index contributed by atoms with van der Waals surface area (Å²) in [4.78, 5) is 8.41. The molecule has 2 aromatic rings. The second kappa shape index (κ2) is 5.34. The number of halogens is 1. The summed E-state index contributed by atoms with van der Waals surface area (Å²) in [5.74, 6) is 0. The zero-order valence-electron chi connectivity index (χ0n) is 13.1. The van der Waals surface area contributed by atoms with Crippen molar-refractivity contribution < 1.29 is 9.31 Å². The highest BCUT2D eigenvalue weighted by Crippen LogP contribution is 2.36. The Bertz CT molecular complexity index is 676. The van der Waals surface area contributed by atoms with Crippen molar-refractivity contribution in [2.24, 2.45) is 0 Å². The number of aromatic nitrogens is 2. The number of rotatable bonds is 2. The molecule has 2 heterocycles. The summed E-state index contributed by atoms with van der Waals surface area (Å²) in [6.07, 6.45) is 5.01. The molecule has 1 aliphatic heterocycles. The molecule has 0 unspecified atom stereocenters. The maximum Gasteiger partial charge on any atom is 0.494 e. The van der Waals surface area contributed by atoms with Crippen LogP contribution in [0.3, 0.4) is 0 Å². The zero-order chi connectivity index (χ0) is 16.0. The standard InChI is InChI=1S/C16H18BClN2O2/c1-15(2)16(3,4)22-17(21-15)12-7-11(8-13(18)9-12)14-10-19-5-6-20-14/h5-10H,1-4H3. The first-order valence-electron chi connectivity index (χ1n) is 7.21. The third-order valence-corrected chi connectivity index (χ3v) is 4.52. The monoisotopic (exact) mass is 316 g/mol. The molecule has 1 saturated heterocycles. The van der Waals surface area contributed by atoms with E-state index < -0.39 is 7.12 Å². The highest BCUT2D eigenvalue weighted by molar-refractivity contribution is 6.62. The quantitative estimate of drug-likeness (QED) is 0.799. The SMILES string of the molecule is CC1(C)OB(c2cc(Cl)cc(-c3cnccn3)c2)OC1(C)C. The first-order chi connectivity index (χ1) is 10.3. The molecule has 3 rings (SSSR count). The van der Waals surface area contributed by atoms with Gasteiger partial charge in [-0.2, -0.15) is 0 Å². The van der Waals surface area contributed by atoms with Gasteiger partial charge in [-0.1, -0.05) is 17.7 Å². The summed E-state index contributed by atoms with van der Waals surface area (Å²) >= 11 is 6.26. The molecule has 1 fully saturated rings. The molecular weight excluding hydrogens is 298 g/mol. The van der Waals surface area contributed by atoms with Crippen molar-refractivity contribution in [2.75, 3.05) is 0 Å². The van der Waals surface area contributed by atoms with Crippen molar-refractivity contribution in [3.63, 3.8) is 0 Å². The molecule has 0 atom stereocenters. The van der Waals surface area contributed by atoms with Crippen LogP contribution in [0.5, 0.6) is 0 Å². The van der Waals surface area contributed by atoms with Crippen LogP contribution in [0, 0.1) is 0 Å². The third-order valence-electron chi connectivity index (χ3n) is 4.30. The molecule has 0 radical (unpaired) electrons. The summed E-state index contributed by atoms with van der Waals surface area (Å²) < 4.78 is 12.2. The molecule has 0 bridgehead atoms. The fourth-order valence-corrected chi connectivity index (χ4v) is 2.57. The first-order valence-corrected chi connectivity index (χ1v) is 7.59. The molecule has 1 aromatic carbocycles. The van der Waals surface area contributed by atoms with E-state index in [-0.39, 0.29) is 11.2 Å². The van der Waals surface area contributed by atoms with E-state index in [1.807, 2.05) is 45.9 Å². The maximum absolute atomic E-state index is 6.26. The van der Waals surface area contributed by atoms with Crippen molar-refractivity contribution in [3.05, 3.63) is 41.8 Å². The lowest BCUT2D eigenvalue weighted by Crippen LogP contribution is -2.41. The summed E-state index contributed by atoms with van der Waals surface area (Å²) in [7, 11) is -0.445. The van der Waals surface area contributed by atoms with Crippen LogP contribution < -0.4 is 5.46 Å². The van der Waals surface area contributed by atoms with Gasteiger partial charge in [0.1, 0.15) is 0 Å². The molecule has 0 amide bonds. The van der Waals surface area contributed by atoms with E-state index in [1.165, 1.54) is 0 Å². The Morgan fingerprint density at radius 2 is 1.68 bits per heavy atom. The van der Waals surface area contributed by atoms with Gasteiger partial charge >= 0.3 is 7.12 Å². The van der Waals surface area contributed by atoms with Crippen LogP contribution in [-0.2, 0) is 9.31 Å².